The number of hydrogen-bond donors (Lipinski definition) is 1. The molecule has 0 aliphatic heterocycles. The number of aryl methyl sites for hydroxylation is 1. The number of methoxy groups -OCH3 is 1. The van der Waals surface area contributed by atoms with Crippen molar-refractivity contribution in [3.63, 3.8) is 0 Å². The van der Waals surface area contributed by atoms with Crippen molar-refractivity contribution in [2.45, 2.75) is 33.1 Å². The van der Waals surface area contributed by atoms with Gasteiger partial charge in [-0.15, -0.1) is 0 Å². The Morgan fingerprint density at radius 1 is 1.08 bits per heavy atom. The van der Waals surface area contributed by atoms with Gasteiger partial charge in [-0.1, -0.05) is 26.0 Å². The van der Waals surface area contributed by atoms with Gasteiger partial charge < -0.3 is 14.6 Å². The SMILES string of the molecule is COc1ccc(C(=O)O)cc1CC(=O)COc1cc(C)ccc1C(C)C. The molecule has 0 aromatic heterocycles. The fourth-order valence-electron chi connectivity index (χ4n) is 2.72. The summed E-state index contributed by atoms with van der Waals surface area (Å²) in [5, 5.41) is 9.12. The minimum Gasteiger partial charge on any atom is -0.496 e. The second-order valence-electron chi connectivity index (χ2n) is 6.53. The van der Waals surface area contributed by atoms with E-state index in [1.807, 2.05) is 25.1 Å². The van der Waals surface area contributed by atoms with Gasteiger partial charge in [0.25, 0.3) is 0 Å². The molecule has 0 aliphatic carbocycles. The van der Waals surface area contributed by atoms with Crippen molar-refractivity contribution in [2.24, 2.45) is 0 Å². The first-order valence-electron chi connectivity index (χ1n) is 8.47. The molecule has 0 saturated carbocycles. The third-order valence-corrected chi connectivity index (χ3v) is 4.09. The van der Waals surface area contributed by atoms with Gasteiger partial charge in [0.1, 0.15) is 18.1 Å². The lowest BCUT2D eigenvalue weighted by molar-refractivity contribution is -0.120. The molecule has 0 saturated heterocycles. The van der Waals surface area contributed by atoms with Crippen LogP contribution < -0.4 is 9.47 Å². The second kappa shape index (κ2) is 8.52. The quantitative estimate of drug-likeness (QED) is 0.773. The second-order valence-corrected chi connectivity index (χ2v) is 6.53. The van der Waals surface area contributed by atoms with E-state index in [0.717, 1.165) is 11.1 Å². The first kappa shape index (κ1) is 19.5. The van der Waals surface area contributed by atoms with E-state index >= 15 is 0 Å². The van der Waals surface area contributed by atoms with Crippen LogP contribution in [-0.4, -0.2) is 30.6 Å². The van der Waals surface area contributed by atoms with Crippen molar-refractivity contribution >= 4 is 11.8 Å². The van der Waals surface area contributed by atoms with Crippen LogP contribution in [-0.2, 0) is 11.2 Å². The minimum atomic E-state index is -1.04. The molecule has 2 rings (SSSR count). The summed E-state index contributed by atoms with van der Waals surface area (Å²) in [5.74, 6) is 0.287. The average molecular weight is 356 g/mol. The Balaban J connectivity index is 2.12. The molecule has 0 amide bonds. The Morgan fingerprint density at radius 2 is 1.81 bits per heavy atom. The summed E-state index contributed by atoms with van der Waals surface area (Å²) in [5.41, 5.74) is 2.77. The predicted molar refractivity (Wildman–Crippen MR) is 99.4 cm³/mol. The van der Waals surface area contributed by atoms with Crippen molar-refractivity contribution in [2.75, 3.05) is 13.7 Å². The number of carbonyl (C=O) groups excluding carboxylic acids is 1. The zero-order chi connectivity index (χ0) is 19.3. The molecule has 2 aromatic rings. The maximum absolute atomic E-state index is 12.4. The summed E-state index contributed by atoms with van der Waals surface area (Å²) >= 11 is 0. The fourth-order valence-corrected chi connectivity index (χ4v) is 2.72. The number of carboxylic acids is 1. The van der Waals surface area contributed by atoms with Crippen LogP contribution in [0, 0.1) is 6.92 Å². The van der Waals surface area contributed by atoms with Crippen LogP contribution >= 0.6 is 0 Å². The molecular formula is C21H24O5. The highest BCUT2D eigenvalue weighted by molar-refractivity contribution is 5.89. The third kappa shape index (κ3) is 4.85. The van der Waals surface area contributed by atoms with Crippen molar-refractivity contribution in [3.8, 4) is 11.5 Å². The number of carboxylic acid groups (broad SMARTS) is 1. The van der Waals surface area contributed by atoms with Gasteiger partial charge in [0.05, 0.1) is 12.7 Å². The highest BCUT2D eigenvalue weighted by Gasteiger charge is 2.14. The minimum absolute atomic E-state index is 0.0487. The molecule has 0 spiro atoms. The van der Waals surface area contributed by atoms with Gasteiger partial charge in [0, 0.05) is 12.0 Å². The van der Waals surface area contributed by atoms with E-state index in [1.54, 1.807) is 6.07 Å². The van der Waals surface area contributed by atoms with Crippen LogP contribution in [0.2, 0.25) is 0 Å². The largest absolute Gasteiger partial charge is 0.496 e. The Morgan fingerprint density at radius 3 is 2.42 bits per heavy atom. The number of hydrogen-bond acceptors (Lipinski definition) is 4. The lowest BCUT2D eigenvalue weighted by Gasteiger charge is -2.15. The normalized spacial score (nSPS) is 10.7. The lowest BCUT2D eigenvalue weighted by Crippen LogP contribution is -2.15. The third-order valence-electron chi connectivity index (χ3n) is 4.09. The summed E-state index contributed by atoms with van der Waals surface area (Å²) in [6.45, 7) is 6.04. The Bertz CT molecular complexity index is 808. The first-order chi connectivity index (χ1) is 12.3. The van der Waals surface area contributed by atoms with Crippen molar-refractivity contribution in [1.82, 2.24) is 0 Å². The number of benzene rings is 2. The van der Waals surface area contributed by atoms with Crippen molar-refractivity contribution in [3.05, 3.63) is 58.7 Å². The topological polar surface area (TPSA) is 72.8 Å². The number of ether oxygens (including phenoxy) is 2. The summed E-state index contributed by atoms with van der Waals surface area (Å²) in [6.07, 6.45) is 0.0487. The zero-order valence-electron chi connectivity index (χ0n) is 15.5. The van der Waals surface area contributed by atoms with Gasteiger partial charge in [-0.3, -0.25) is 4.79 Å². The highest BCUT2D eigenvalue weighted by atomic mass is 16.5. The molecule has 5 nitrogen and oxygen atoms in total. The molecule has 0 heterocycles. The van der Waals surface area contributed by atoms with Crippen LogP contribution in [0.4, 0.5) is 0 Å². The van der Waals surface area contributed by atoms with E-state index in [1.165, 1.54) is 19.2 Å². The van der Waals surface area contributed by atoms with Gasteiger partial charge in [-0.05, 0) is 48.2 Å². The number of Topliss-reactive ketones (excluding diaryl/α,β-unsaturated/α-hetero) is 1. The number of carbonyl (C=O) groups is 2. The van der Waals surface area contributed by atoms with Gasteiger partial charge >= 0.3 is 5.97 Å². The van der Waals surface area contributed by atoms with Gasteiger partial charge in [0.15, 0.2) is 5.78 Å². The van der Waals surface area contributed by atoms with Crippen molar-refractivity contribution < 1.29 is 24.2 Å². The van der Waals surface area contributed by atoms with E-state index in [2.05, 4.69) is 13.8 Å². The van der Waals surface area contributed by atoms with Crippen molar-refractivity contribution in [1.29, 1.82) is 0 Å². The van der Waals surface area contributed by atoms with E-state index in [-0.39, 0.29) is 30.3 Å². The molecule has 5 heteroatoms. The van der Waals surface area contributed by atoms with E-state index in [9.17, 15) is 9.59 Å². The van der Waals surface area contributed by atoms with Crippen LogP contribution in [0.1, 0.15) is 46.8 Å². The molecule has 138 valence electrons. The summed E-state index contributed by atoms with van der Waals surface area (Å²) in [6, 6.07) is 10.4. The maximum Gasteiger partial charge on any atom is 0.335 e. The fraction of sp³-hybridized carbons (Fsp3) is 0.333. The van der Waals surface area contributed by atoms with E-state index < -0.39 is 5.97 Å². The lowest BCUT2D eigenvalue weighted by atomic mass is 10.0. The zero-order valence-corrected chi connectivity index (χ0v) is 15.5. The number of ketones is 1. The predicted octanol–water partition coefficient (Wildman–Crippen LogP) is 4.02. The monoisotopic (exact) mass is 356 g/mol. The Kier molecular flexibility index (Phi) is 6.39. The maximum atomic E-state index is 12.4. The Labute approximate surface area is 153 Å². The van der Waals surface area contributed by atoms with Crippen LogP contribution in [0.25, 0.3) is 0 Å². The number of aromatic carboxylic acids is 1. The summed E-state index contributed by atoms with van der Waals surface area (Å²) in [4.78, 5) is 23.5. The Hall–Kier alpha value is -2.82. The molecule has 0 bridgehead atoms. The number of rotatable bonds is 8. The van der Waals surface area contributed by atoms with Gasteiger partial charge in [-0.2, -0.15) is 0 Å². The van der Waals surface area contributed by atoms with Gasteiger partial charge in [0.2, 0.25) is 0 Å². The average Bonchev–Trinajstić information content (AvgIpc) is 2.59. The van der Waals surface area contributed by atoms with E-state index in [4.69, 9.17) is 14.6 Å². The summed E-state index contributed by atoms with van der Waals surface area (Å²) < 4.78 is 11.0. The highest BCUT2D eigenvalue weighted by Crippen LogP contribution is 2.27. The summed E-state index contributed by atoms with van der Waals surface area (Å²) in [7, 11) is 1.49. The first-order valence-corrected chi connectivity index (χ1v) is 8.47. The van der Waals surface area contributed by atoms with Crippen LogP contribution in [0.5, 0.6) is 11.5 Å². The standard InChI is InChI=1S/C21H24O5/c1-13(2)18-7-5-14(3)9-20(18)26-12-17(22)11-16-10-15(21(23)24)6-8-19(16)25-4/h5-10,13H,11-12H2,1-4H3,(H,23,24). The molecule has 0 aliphatic rings. The molecule has 0 fully saturated rings. The molecular weight excluding hydrogens is 332 g/mol. The molecule has 26 heavy (non-hydrogen) atoms. The van der Waals surface area contributed by atoms with Gasteiger partial charge in [-0.25, -0.2) is 4.79 Å². The van der Waals surface area contributed by atoms with Crippen LogP contribution in [0.15, 0.2) is 36.4 Å². The van der Waals surface area contributed by atoms with Crippen LogP contribution in [0.3, 0.4) is 0 Å². The molecule has 1 N–H and O–H groups in total. The smallest absolute Gasteiger partial charge is 0.335 e. The molecule has 2 aromatic carbocycles. The molecule has 0 radical (unpaired) electrons. The molecule has 0 unspecified atom stereocenters. The molecule has 0 atom stereocenters. The van der Waals surface area contributed by atoms with E-state index in [0.29, 0.717) is 17.1 Å².